The van der Waals surface area contributed by atoms with E-state index in [-0.39, 0.29) is 17.6 Å². The molecule has 0 aliphatic heterocycles. The van der Waals surface area contributed by atoms with Crippen molar-refractivity contribution >= 4 is 10.9 Å². The molecule has 3 aromatic rings. The summed E-state index contributed by atoms with van der Waals surface area (Å²) in [7, 11) is 0. The van der Waals surface area contributed by atoms with Crippen molar-refractivity contribution in [2.24, 2.45) is 0 Å². The molecule has 1 aliphatic rings. The topological polar surface area (TPSA) is 57.8 Å². The summed E-state index contributed by atoms with van der Waals surface area (Å²) >= 11 is 0. The van der Waals surface area contributed by atoms with E-state index in [9.17, 15) is 4.79 Å². The lowest BCUT2D eigenvalue weighted by Crippen LogP contribution is -2.26. The molecule has 1 aliphatic carbocycles. The summed E-state index contributed by atoms with van der Waals surface area (Å²) in [5.41, 5.74) is 4.94. The summed E-state index contributed by atoms with van der Waals surface area (Å²) in [4.78, 5) is 19.9. The van der Waals surface area contributed by atoms with Gasteiger partial charge < -0.3 is 10.3 Å². The summed E-state index contributed by atoms with van der Waals surface area (Å²) in [5.74, 6) is 0.679. The van der Waals surface area contributed by atoms with Gasteiger partial charge in [0.1, 0.15) is 5.82 Å². The van der Waals surface area contributed by atoms with E-state index in [1.807, 2.05) is 25.1 Å². The van der Waals surface area contributed by atoms with Gasteiger partial charge in [-0.05, 0) is 68.4 Å². The van der Waals surface area contributed by atoms with Gasteiger partial charge in [0.2, 0.25) is 0 Å². The van der Waals surface area contributed by atoms with Crippen LogP contribution in [0.4, 0.5) is 0 Å². The van der Waals surface area contributed by atoms with Gasteiger partial charge >= 0.3 is 0 Å². The monoisotopic (exact) mass is 347 g/mol. The van der Waals surface area contributed by atoms with Gasteiger partial charge in [-0.1, -0.05) is 30.3 Å². The number of rotatable bonds is 4. The van der Waals surface area contributed by atoms with Crippen LogP contribution >= 0.6 is 0 Å². The van der Waals surface area contributed by atoms with Crippen LogP contribution in [0.15, 0.2) is 47.3 Å². The molecule has 2 aromatic carbocycles. The first-order valence-corrected chi connectivity index (χ1v) is 9.48. The fourth-order valence-electron chi connectivity index (χ4n) is 3.88. The van der Waals surface area contributed by atoms with Crippen LogP contribution in [-0.2, 0) is 12.8 Å². The van der Waals surface area contributed by atoms with Crippen molar-refractivity contribution in [1.29, 1.82) is 0 Å². The van der Waals surface area contributed by atoms with E-state index >= 15 is 0 Å². The summed E-state index contributed by atoms with van der Waals surface area (Å²) < 4.78 is 0. The molecule has 2 unspecified atom stereocenters. The molecule has 1 aromatic heterocycles. The van der Waals surface area contributed by atoms with Gasteiger partial charge in [0.15, 0.2) is 0 Å². The van der Waals surface area contributed by atoms with E-state index in [0.717, 1.165) is 5.52 Å². The Morgan fingerprint density at radius 2 is 1.77 bits per heavy atom. The molecule has 134 valence electrons. The Labute approximate surface area is 153 Å². The Hall–Kier alpha value is -2.46. The fraction of sp³-hybridized carbons (Fsp3) is 0.364. The lowest BCUT2D eigenvalue weighted by atomic mass is 9.89. The minimum atomic E-state index is -0.0827. The standard InChI is InChI=1S/C22H25N3O/c1-14(17-12-11-16-7-3-4-8-18(16)13-17)23-15(2)21-24-20-10-6-5-9-19(20)22(26)25-21/h5-6,9-15,23H,3-4,7-8H2,1-2H3,(H,24,25,26). The molecule has 4 nitrogen and oxygen atoms in total. The number of nitrogens with zero attached hydrogens (tertiary/aromatic N) is 1. The van der Waals surface area contributed by atoms with Gasteiger partial charge in [0.25, 0.3) is 5.56 Å². The summed E-state index contributed by atoms with van der Waals surface area (Å²) in [6, 6.07) is 14.5. The molecule has 0 amide bonds. The first kappa shape index (κ1) is 17.0. The second kappa shape index (κ2) is 7.04. The van der Waals surface area contributed by atoms with Crippen molar-refractivity contribution in [3.8, 4) is 0 Å². The van der Waals surface area contributed by atoms with Crippen LogP contribution in [0.3, 0.4) is 0 Å². The zero-order valence-electron chi connectivity index (χ0n) is 15.4. The number of para-hydroxylation sites is 1. The number of hydrogen-bond donors (Lipinski definition) is 2. The SMILES string of the molecule is CC(NC(C)c1nc2ccccc2c(=O)[nH]1)c1ccc2c(c1)CCCC2. The van der Waals surface area contributed by atoms with Crippen LogP contribution in [0.2, 0.25) is 0 Å². The second-order valence-electron chi connectivity index (χ2n) is 7.31. The molecular formula is C22H25N3O. The van der Waals surface area contributed by atoms with Crippen LogP contribution in [0.1, 0.15) is 61.3 Å². The number of aromatic amines is 1. The van der Waals surface area contributed by atoms with Crippen LogP contribution < -0.4 is 10.9 Å². The number of nitrogens with one attached hydrogen (secondary N) is 2. The normalized spacial score (nSPS) is 16.2. The lowest BCUT2D eigenvalue weighted by Gasteiger charge is -2.22. The zero-order chi connectivity index (χ0) is 18.1. The van der Waals surface area contributed by atoms with Gasteiger partial charge in [-0.3, -0.25) is 4.79 Å². The second-order valence-corrected chi connectivity index (χ2v) is 7.31. The minimum absolute atomic E-state index is 0.0432. The number of aryl methyl sites for hydroxylation is 2. The molecule has 2 N–H and O–H groups in total. The Morgan fingerprint density at radius 3 is 2.62 bits per heavy atom. The van der Waals surface area contributed by atoms with Gasteiger partial charge in [-0.15, -0.1) is 0 Å². The molecular weight excluding hydrogens is 322 g/mol. The number of benzene rings is 2. The van der Waals surface area contributed by atoms with Crippen LogP contribution in [0.5, 0.6) is 0 Å². The first-order chi connectivity index (χ1) is 12.6. The van der Waals surface area contributed by atoms with Crippen molar-refractivity contribution in [3.05, 3.63) is 75.3 Å². The van der Waals surface area contributed by atoms with Gasteiger partial charge in [0.05, 0.1) is 16.9 Å². The van der Waals surface area contributed by atoms with Gasteiger partial charge in [0, 0.05) is 6.04 Å². The highest BCUT2D eigenvalue weighted by molar-refractivity contribution is 5.77. The molecule has 0 fully saturated rings. The van der Waals surface area contributed by atoms with Crippen LogP contribution in [0, 0.1) is 0 Å². The van der Waals surface area contributed by atoms with Crippen LogP contribution in [-0.4, -0.2) is 9.97 Å². The highest BCUT2D eigenvalue weighted by Gasteiger charge is 2.16. The molecule has 1 heterocycles. The Balaban J connectivity index is 1.56. The third-order valence-electron chi connectivity index (χ3n) is 5.41. The lowest BCUT2D eigenvalue weighted by molar-refractivity contribution is 0.476. The third kappa shape index (κ3) is 3.29. The number of hydrogen-bond acceptors (Lipinski definition) is 3. The quantitative estimate of drug-likeness (QED) is 0.743. The average Bonchev–Trinajstić information content (AvgIpc) is 2.67. The van der Waals surface area contributed by atoms with Crippen molar-refractivity contribution in [3.63, 3.8) is 0 Å². The molecule has 0 spiro atoms. The number of fused-ring (bicyclic) bond motifs is 2. The highest BCUT2D eigenvalue weighted by Crippen LogP contribution is 2.26. The fourth-order valence-corrected chi connectivity index (χ4v) is 3.88. The van der Waals surface area contributed by atoms with E-state index in [1.54, 1.807) is 6.07 Å². The van der Waals surface area contributed by atoms with E-state index in [2.05, 4.69) is 40.4 Å². The smallest absolute Gasteiger partial charge is 0.258 e. The Morgan fingerprint density at radius 1 is 1.00 bits per heavy atom. The Bertz CT molecular complexity index is 992. The first-order valence-electron chi connectivity index (χ1n) is 9.48. The van der Waals surface area contributed by atoms with Crippen molar-refractivity contribution in [1.82, 2.24) is 15.3 Å². The molecule has 2 atom stereocenters. The predicted molar refractivity (Wildman–Crippen MR) is 105 cm³/mol. The maximum Gasteiger partial charge on any atom is 0.258 e. The maximum atomic E-state index is 12.3. The van der Waals surface area contributed by atoms with Gasteiger partial charge in [-0.2, -0.15) is 0 Å². The summed E-state index contributed by atoms with van der Waals surface area (Å²) in [6.45, 7) is 4.21. The highest BCUT2D eigenvalue weighted by atomic mass is 16.1. The van der Waals surface area contributed by atoms with E-state index in [4.69, 9.17) is 0 Å². The van der Waals surface area contributed by atoms with Crippen molar-refractivity contribution < 1.29 is 0 Å². The molecule has 4 rings (SSSR count). The largest absolute Gasteiger partial charge is 0.309 e. The van der Waals surface area contributed by atoms with Crippen molar-refractivity contribution in [2.75, 3.05) is 0 Å². The van der Waals surface area contributed by atoms with Crippen LogP contribution in [0.25, 0.3) is 10.9 Å². The maximum absolute atomic E-state index is 12.3. The zero-order valence-corrected chi connectivity index (χ0v) is 15.4. The average molecular weight is 347 g/mol. The molecule has 0 saturated carbocycles. The van der Waals surface area contributed by atoms with E-state index < -0.39 is 0 Å². The van der Waals surface area contributed by atoms with E-state index in [1.165, 1.54) is 42.4 Å². The molecule has 4 heteroatoms. The Kier molecular flexibility index (Phi) is 4.60. The summed E-state index contributed by atoms with van der Waals surface area (Å²) in [6.07, 6.45) is 4.98. The molecule has 0 radical (unpaired) electrons. The molecule has 0 bridgehead atoms. The van der Waals surface area contributed by atoms with Crippen molar-refractivity contribution in [2.45, 2.75) is 51.6 Å². The minimum Gasteiger partial charge on any atom is -0.309 e. The predicted octanol–water partition coefficient (Wildman–Crippen LogP) is 4.21. The summed E-state index contributed by atoms with van der Waals surface area (Å²) in [5, 5.41) is 4.21. The number of aromatic nitrogens is 2. The third-order valence-corrected chi connectivity index (χ3v) is 5.41. The molecule has 26 heavy (non-hydrogen) atoms. The van der Waals surface area contributed by atoms with Gasteiger partial charge in [-0.25, -0.2) is 4.98 Å². The number of H-pyrrole nitrogens is 1. The van der Waals surface area contributed by atoms with E-state index in [0.29, 0.717) is 11.2 Å². The molecule has 0 saturated heterocycles.